The first-order valence-electron chi connectivity index (χ1n) is 4.19. The van der Waals surface area contributed by atoms with Gasteiger partial charge in [0.2, 0.25) is 5.54 Å². The first-order chi connectivity index (χ1) is 6.67. The molecule has 0 N–H and O–H groups in total. The molecule has 0 saturated heterocycles. The van der Waals surface area contributed by atoms with E-state index in [9.17, 15) is 9.30 Å². The molecule has 0 aliphatic heterocycles. The predicted octanol–water partition coefficient (Wildman–Crippen LogP) is 2.64. The second-order valence-corrected chi connectivity index (χ2v) is 2.98. The molecule has 0 fully saturated rings. The third-order valence-corrected chi connectivity index (χ3v) is 2.15. The molecular weight excluding hydrogens is 181 g/mol. The van der Waals surface area contributed by atoms with Crippen LogP contribution in [-0.2, 0) is 5.54 Å². The third kappa shape index (κ3) is 1.51. The van der Waals surface area contributed by atoms with Crippen molar-refractivity contribution in [2.45, 2.75) is 18.6 Å². The summed E-state index contributed by atoms with van der Waals surface area (Å²) in [5, 5.41) is 2.75. The summed E-state index contributed by atoms with van der Waals surface area (Å²) >= 11 is 0. The summed E-state index contributed by atoms with van der Waals surface area (Å²) in [6, 6.07) is 8.33. The van der Waals surface area contributed by atoms with E-state index in [-0.39, 0.29) is 0 Å². The fourth-order valence-electron chi connectivity index (χ4n) is 1.27. The van der Waals surface area contributed by atoms with E-state index in [1.54, 1.807) is 30.3 Å². The summed E-state index contributed by atoms with van der Waals surface area (Å²) in [5.41, 5.74) is -1.28. The molecule has 72 valence electrons. The fraction of sp³-hybridized carbons (Fsp3) is 0.273. The number of nitroso groups, excluding NO2 is 1. The van der Waals surface area contributed by atoms with Gasteiger partial charge in [-0.3, -0.25) is 0 Å². The second-order valence-electron chi connectivity index (χ2n) is 2.98. The van der Waals surface area contributed by atoms with Crippen molar-refractivity contribution in [2.24, 2.45) is 5.18 Å². The van der Waals surface area contributed by atoms with Gasteiger partial charge in [0.15, 0.2) is 0 Å². The van der Waals surface area contributed by atoms with Crippen LogP contribution in [0.25, 0.3) is 0 Å². The van der Waals surface area contributed by atoms with Crippen molar-refractivity contribution in [1.82, 2.24) is 0 Å². The zero-order chi connectivity index (χ0) is 10.6. The van der Waals surface area contributed by atoms with E-state index in [2.05, 4.69) is 11.1 Å². The minimum Gasteiger partial charge on any atom is -0.243 e. The van der Waals surface area contributed by atoms with E-state index in [1.165, 1.54) is 6.92 Å². The lowest BCUT2D eigenvalue weighted by Crippen LogP contribution is -2.30. The topological polar surface area (TPSA) is 29.4 Å². The molecule has 0 bridgehead atoms. The van der Waals surface area contributed by atoms with Gasteiger partial charge in [0.1, 0.15) is 6.17 Å². The molecule has 2 unspecified atom stereocenters. The van der Waals surface area contributed by atoms with Crippen molar-refractivity contribution in [3.8, 4) is 12.3 Å². The average Bonchev–Trinajstić information content (AvgIpc) is 2.22. The van der Waals surface area contributed by atoms with Crippen LogP contribution in [0.15, 0.2) is 35.5 Å². The normalized spacial score (nSPS) is 16.4. The van der Waals surface area contributed by atoms with Crippen LogP contribution >= 0.6 is 0 Å². The molecule has 3 heteroatoms. The number of hydrogen-bond acceptors (Lipinski definition) is 2. The lowest BCUT2D eigenvalue weighted by atomic mass is 9.88. The summed E-state index contributed by atoms with van der Waals surface area (Å²) in [6.07, 6.45) is 3.66. The van der Waals surface area contributed by atoms with Crippen LogP contribution in [0.5, 0.6) is 0 Å². The van der Waals surface area contributed by atoms with Crippen molar-refractivity contribution in [3.63, 3.8) is 0 Å². The smallest absolute Gasteiger partial charge is 0.218 e. The summed E-state index contributed by atoms with van der Waals surface area (Å²) in [7, 11) is 0. The van der Waals surface area contributed by atoms with Gasteiger partial charge in [-0.05, 0) is 17.7 Å². The highest BCUT2D eigenvalue weighted by atomic mass is 19.1. The maximum atomic E-state index is 13.3. The van der Waals surface area contributed by atoms with Crippen molar-refractivity contribution >= 4 is 0 Å². The lowest BCUT2D eigenvalue weighted by molar-refractivity contribution is 0.260. The van der Waals surface area contributed by atoms with Gasteiger partial charge in [0.25, 0.3) is 0 Å². The number of hydrogen-bond donors (Lipinski definition) is 0. The molecule has 14 heavy (non-hydrogen) atoms. The Morgan fingerprint density at radius 2 is 2.07 bits per heavy atom. The molecular formula is C11H10FNO. The monoisotopic (exact) mass is 191 g/mol. The molecule has 0 aromatic heterocycles. The van der Waals surface area contributed by atoms with E-state index in [1.807, 2.05) is 0 Å². The standard InChI is InChI=1S/C11H10FNO/c1-3-11(13-14,9(2)12)10-7-5-4-6-8-10/h1,4-9H,2H3. The molecule has 0 saturated carbocycles. The van der Waals surface area contributed by atoms with Crippen LogP contribution < -0.4 is 0 Å². The summed E-state index contributed by atoms with van der Waals surface area (Å²) < 4.78 is 13.3. The number of halogens is 1. The molecule has 0 aliphatic carbocycles. The van der Waals surface area contributed by atoms with Crippen LogP contribution in [0.1, 0.15) is 12.5 Å². The lowest BCUT2D eigenvalue weighted by Gasteiger charge is -2.21. The van der Waals surface area contributed by atoms with Gasteiger partial charge in [-0.2, -0.15) is 0 Å². The van der Waals surface area contributed by atoms with Gasteiger partial charge in [-0.15, -0.1) is 11.3 Å². The SMILES string of the molecule is C#CC(N=O)(c1ccccc1)C(C)F. The predicted molar refractivity (Wildman–Crippen MR) is 53.3 cm³/mol. The summed E-state index contributed by atoms with van der Waals surface area (Å²) in [5.74, 6) is 2.13. The Labute approximate surface area is 82.1 Å². The number of alkyl halides is 1. The Balaban J connectivity index is 3.27. The van der Waals surface area contributed by atoms with Crippen LogP contribution in [0.2, 0.25) is 0 Å². The molecule has 0 heterocycles. The van der Waals surface area contributed by atoms with Gasteiger partial charge in [0, 0.05) is 0 Å². The zero-order valence-corrected chi connectivity index (χ0v) is 7.77. The Bertz CT molecular complexity index is 355. The molecule has 2 nitrogen and oxygen atoms in total. The first-order valence-corrected chi connectivity index (χ1v) is 4.19. The van der Waals surface area contributed by atoms with E-state index >= 15 is 0 Å². The van der Waals surface area contributed by atoms with Crippen molar-refractivity contribution < 1.29 is 4.39 Å². The molecule has 2 atom stereocenters. The highest BCUT2D eigenvalue weighted by Crippen LogP contribution is 2.30. The summed E-state index contributed by atoms with van der Waals surface area (Å²) in [4.78, 5) is 10.7. The molecule has 1 rings (SSSR count). The Kier molecular flexibility index (Phi) is 2.98. The minimum atomic E-state index is -1.69. The van der Waals surface area contributed by atoms with Gasteiger partial charge in [0.05, 0.1) is 0 Å². The number of rotatable bonds is 3. The quantitative estimate of drug-likeness (QED) is 0.533. The Morgan fingerprint density at radius 3 is 2.43 bits per heavy atom. The number of nitrogens with zero attached hydrogens (tertiary/aromatic N) is 1. The largest absolute Gasteiger partial charge is 0.243 e. The van der Waals surface area contributed by atoms with Crippen LogP contribution in [-0.4, -0.2) is 6.17 Å². The molecule has 0 aliphatic rings. The van der Waals surface area contributed by atoms with Gasteiger partial charge in [-0.1, -0.05) is 36.3 Å². The highest BCUT2D eigenvalue weighted by molar-refractivity contribution is 5.35. The maximum absolute atomic E-state index is 13.3. The van der Waals surface area contributed by atoms with E-state index in [0.717, 1.165) is 0 Å². The Morgan fingerprint density at radius 1 is 1.50 bits per heavy atom. The number of benzene rings is 1. The zero-order valence-electron chi connectivity index (χ0n) is 7.77. The maximum Gasteiger partial charge on any atom is 0.218 e. The minimum absolute atomic E-state index is 0.410. The third-order valence-electron chi connectivity index (χ3n) is 2.15. The van der Waals surface area contributed by atoms with Crippen molar-refractivity contribution in [3.05, 3.63) is 40.8 Å². The first kappa shape index (κ1) is 10.4. The van der Waals surface area contributed by atoms with Crippen LogP contribution in [0.3, 0.4) is 0 Å². The van der Waals surface area contributed by atoms with Gasteiger partial charge < -0.3 is 0 Å². The molecule has 0 radical (unpaired) electrons. The van der Waals surface area contributed by atoms with Crippen molar-refractivity contribution in [1.29, 1.82) is 0 Å². The molecule has 0 amide bonds. The summed E-state index contributed by atoms with van der Waals surface area (Å²) in [6.45, 7) is 1.23. The molecule has 1 aromatic rings. The van der Waals surface area contributed by atoms with Gasteiger partial charge in [-0.25, -0.2) is 4.39 Å². The average molecular weight is 191 g/mol. The van der Waals surface area contributed by atoms with Crippen molar-refractivity contribution in [2.75, 3.05) is 0 Å². The Hall–Kier alpha value is -1.69. The molecule has 0 spiro atoms. The fourth-order valence-corrected chi connectivity index (χ4v) is 1.27. The van der Waals surface area contributed by atoms with E-state index < -0.39 is 11.7 Å². The van der Waals surface area contributed by atoms with E-state index in [4.69, 9.17) is 6.42 Å². The highest BCUT2D eigenvalue weighted by Gasteiger charge is 2.38. The van der Waals surface area contributed by atoms with E-state index in [0.29, 0.717) is 5.56 Å². The van der Waals surface area contributed by atoms with Crippen LogP contribution in [0.4, 0.5) is 4.39 Å². The van der Waals surface area contributed by atoms with Crippen LogP contribution in [0, 0.1) is 17.3 Å². The second kappa shape index (κ2) is 4.01. The number of terminal acetylenes is 1. The molecule has 1 aromatic carbocycles. The van der Waals surface area contributed by atoms with Gasteiger partial charge >= 0.3 is 0 Å².